The van der Waals surface area contributed by atoms with Crippen molar-refractivity contribution in [3.63, 3.8) is 0 Å². The fourth-order valence-electron chi connectivity index (χ4n) is 4.30. The summed E-state index contributed by atoms with van der Waals surface area (Å²) in [6.07, 6.45) is 1.65. The minimum Gasteiger partial charge on any atom is -0.336 e. The summed E-state index contributed by atoms with van der Waals surface area (Å²) in [6, 6.07) is 19.9. The predicted molar refractivity (Wildman–Crippen MR) is 126 cm³/mol. The van der Waals surface area contributed by atoms with Gasteiger partial charge < -0.3 is 4.90 Å². The van der Waals surface area contributed by atoms with Gasteiger partial charge in [-0.05, 0) is 53.1 Å². The van der Waals surface area contributed by atoms with Crippen molar-refractivity contribution in [2.75, 3.05) is 32.4 Å². The quantitative estimate of drug-likeness (QED) is 0.539. The van der Waals surface area contributed by atoms with E-state index < -0.39 is 10.8 Å². The number of carbonyl (C=O) groups is 1. The number of carbonyl (C=O) groups excluding carboxylic acids is 1. The van der Waals surface area contributed by atoms with E-state index in [-0.39, 0.29) is 23.6 Å². The first-order valence-electron chi connectivity index (χ1n) is 10.8. The normalized spacial score (nSPS) is 15.6. The minimum absolute atomic E-state index is 0.0431. The summed E-state index contributed by atoms with van der Waals surface area (Å²) >= 11 is 0. The third kappa shape index (κ3) is 5.72. The Bertz CT molecular complexity index is 1080. The second kappa shape index (κ2) is 10.4. The second-order valence-electron chi connectivity index (χ2n) is 8.25. The maximum atomic E-state index is 13.5. The molecule has 0 radical (unpaired) electrons. The van der Waals surface area contributed by atoms with E-state index in [1.807, 2.05) is 23.1 Å². The molecule has 3 aromatic carbocycles. The Hall–Kier alpha value is -2.90. The van der Waals surface area contributed by atoms with E-state index >= 15 is 0 Å². The number of rotatable bonds is 6. The summed E-state index contributed by atoms with van der Waals surface area (Å²) in [7, 11) is -0.971. The number of amides is 1. The van der Waals surface area contributed by atoms with Crippen molar-refractivity contribution in [3.05, 3.63) is 107 Å². The highest BCUT2D eigenvalue weighted by Crippen LogP contribution is 2.30. The lowest BCUT2D eigenvalue weighted by Gasteiger charge is -2.40. The Morgan fingerprint density at radius 3 is 1.94 bits per heavy atom. The van der Waals surface area contributed by atoms with Crippen LogP contribution in [0.5, 0.6) is 0 Å². The Balaban J connectivity index is 1.50. The molecule has 172 valence electrons. The molecule has 1 fully saturated rings. The highest BCUT2D eigenvalue weighted by Gasteiger charge is 2.28. The highest BCUT2D eigenvalue weighted by atomic mass is 32.2. The third-order valence-corrected chi connectivity index (χ3v) is 6.62. The number of hydrogen-bond acceptors (Lipinski definition) is 3. The van der Waals surface area contributed by atoms with Crippen LogP contribution < -0.4 is 0 Å². The SMILES string of the molecule is CS(=O)Cc1cccc(C(=O)N2CCN(C(c3ccc(F)cc3)c3ccc(F)cc3)CC2)c1. The molecule has 0 aromatic heterocycles. The van der Waals surface area contributed by atoms with Crippen LogP contribution in [0.4, 0.5) is 8.78 Å². The molecule has 1 atom stereocenters. The topological polar surface area (TPSA) is 40.6 Å². The van der Waals surface area contributed by atoms with Gasteiger partial charge in [-0.2, -0.15) is 0 Å². The van der Waals surface area contributed by atoms with Gasteiger partial charge in [-0.25, -0.2) is 8.78 Å². The maximum absolute atomic E-state index is 13.5. The average Bonchev–Trinajstić information content (AvgIpc) is 2.81. The lowest BCUT2D eigenvalue weighted by atomic mass is 9.96. The van der Waals surface area contributed by atoms with E-state index in [4.69, 9.17) is 0 Å². The van der Waals surface area contributed by atoms with E-state index in [1.54, 1.807) is 36.6 Å². The van der Waals surface area contributed by atoms with Crippen molar-refractivity contribution in [3.8, 4) is 0 Å². The van der Waals surface area contributed by atoms with E-state index in [0.717, 1.165) is 16.7 Å². The monoisotopic (exact) mass is 468 g/mol. The van der Waals surface area contributed by atoms with E-state index in [2.05, 4.69) is 4.90 Å². The predicted octanol–water partition coefficient (Wildman–Crippen LogP) is 4.39. The van der Waals surface area contributed by atoms with Gasteiger partial charge in [-0.1, -0.05) is 36.4 Å². The second-order valence-corrected chi connectivity index (χ2v) is 9.69. The standard InChI is InChI=1S/C26H26F2N2O2S/c1-33(32)18-19-3-2-4-22(17-19)26(31)30-15-13-29(14-16-30)25(20-5-9-23(27)10-6-20)21-7-11-24(28)12-8-21/h2-12,17,25H,13-16,18H2,1H3. The fourth-order valence-corrected chi connectivity index (χ4v) is 4.95. The zero-order valence-electron chi connectivity index (χ0n) is 18.4. The van der Waals surface area contributed by atoms with Crippen LogP contribution in [0.25, 0.3) is 0 Å². The van der Waals surface area contributed by atoms with Crippen LogP contribution in [0.15, 0.2) is 72.8 Å². The molecule has 1 saturated heterocycles. The van der Waals surface area contributed by atoms with Gasteiger partial charge in [0.2, 0.25) is 0 Å². The number of nitrogens with zero attached hydrogens (tertiary/aromatic N) is 2. The first-order chi connectivity index (χ1) is 15.9. The van der Waals surface area contributed by atoms with Crippen LogP contribution in [-0.4, -0.2) is 52.4 Å². The fraction of sp³-hybridized carbons (Fsp3) is 0.269. The molecule has 0 bridgehead atoms. The van der Waals surface area contributed by atoms with Crippen LogP contribution >= 0.6 is 0 Å². The van der Waals surface area contributed by atoms with Crippen molar-refractivity contribution < 1.29 is 17.8 Å². The summed E-state index contributed by atoms with van der Waals surface area (Å²) in [6.45, 7) is 2.34. The Morgan fingerprint density at radius 2 is 1.42 bits per heavy atom. The lowest BCUT2D eigenvalue weighted by Crippen LogP contribution is -2.49. The van der Waals surface area contributed by atoms with Crippen LogP contribution in [0.1, 0.15) is 33.1 Å². The zero-order valence-corrected chi connectivity index (χ0v) is 19.2. The lowest BCUT2D eigenvalue weighted by molar-refractivity contribution is 0.0597. The zero-order chi connectivity index (χ0) is 23.4. The van der Waals surface area contributed by atoms with Gasteiger partial charge in [-0.15, -0.1) is 0 Å². The van der Waals surface area contributed by atoms with E-state index in [0.29, 0.717) is 37.5 Å². The summed E-state index contributed by atoms with van der Waals surface area (Å²) in [4.78, 5) is 17.1. The number of benzene rings is 3. The number of hydrogen-bond donors (Lipinski definition) is 0. The summed E-state index contributed by atoms with van der Waals surface area (Å²) in [5.41, 5.74) is 3.32. The van der Waals surface area contributed by atoms with Gasteiger partial charge in [-0.3, -0.25) is 13.9 Å². The van der Waals surface area contributed by atoms with Crippen LogP contribution in [0, 0.1) is 11.6 Å². The molecule has 0 N–H and O–H groups in total. The first kappa shape index (κ1) is 23.3. The number of piperazine rings is 1. The molecule has 1 aliphatic heterocycles. The van der Waals surface area contributed by atoms with E-state index in [1.165, 1.54) is 24.3 Å². The van der Waals surface area contributed by atoms with Gasteiger partial charge in [0.05, 0.1) is 6.04 Å². The van der Waals surface area contributed by atoms with Crippen molar-refractivity contribution in [1.82, 2.24) is 9.80 Å². The molecule has 0 saturated carbocycles. The molecular formula is C26H26F2N2O2S. The van der Waals surface area contributed by atoms with Gasteiger partial charge in [0, 0.05) is 54.6 Å². The molecule has 7 heteroatoms. The minimum atomic E-state index is -0.971. The van der Waals surface area contributed by atoms with Crippen LogP contribution in [-0.2, 0) is 16.6 Å². The Morgan fingerprint density at radius 1 is 0.879 bits per heavy atom. The van der Waals surface area contributed by atoms with Gasteiger partial charge in [0.1, 0.15) is 11.6 Å². The molecule has 1 aliphatic rings. The molecule has 3 aromatic rings. The molecule has 4 rings (SSSR count). The van der Waals surface area contributed by atoms with Crippen molar-refractivity contribution in [2.45, 2.75) is 11.8 Å². The summed E-state index contributed by atoms with van der Waals surface area (Å²) < 4.78 is 38.6. The molecule has 4 nitrogen and oxygen atoms in total. The molecule has 0 spiro atoms. The number of halogens is 2. The van der Waals surface area contributed by atoms with Crippen molar-refractivity contribution in [1.29, 1.82) is 0 Å². The van der Waals surface area contributed by atoms with Gasteiger partial charge in [0.25, 0.3) is 5.91 Å². The molecule has 1 unspecified atom stereocenters. The van der Waals surface area contributed by atoms with Crippen LogP contribution in [0.3, 0.4) is 0 Å². The molecule has 1 amide bonds. The van der Waals surface area contributed by atoms with Crippen molar-refractivity contribution in [2.24, 2.45) is 0 Å². The summed E-state index contributed by atoms with van der Waals surface area (Å²) in [5.74, 6) is -0.229. The molecule has 33 heavy (non-hydrogen) atoms. The largest absolute Gasteiger partial charge is 0.336 e. The van der Waals surface area contributed by atoms with E-state index in [9.17, 15) is 17.8 Å². The highest BCUT2D eigenvalue weighted by molar-refractivity contribution is 7.83. The Kier molecular flexibility index (Phi) is 7.30. The average molecular weight is 469 g/mol. The smallest absolute Gasteiger partial charge is 0.253 e. The van der Waals surface area contributed by atoms with Gasteiger partial charge in [0.15, 0.2) is 0 Å². The molecule has 0 aliphatic carbocycles. The third-order valence-electron chi connectivity index (χ3n) is 5.88. The van der Waals surface area contributed by atoms with Crippen LogP contribution in [0.2, 0.25) is 0 Å². The molecular weight excluding hydrogens is 442 g/mol. The molecule has 1 heterocycles. The Labute approximate surface area is 195 Å². The first-order valence-corrected chi connectivity index (χ1v) is 12.6. The van der Waals surface area contributed by atoms with Gasteiger partial charge >= 0.3 is 0 Å². The van der Waals surface area contributed by atoms with Crippen molar-refractivity contribution >= 4 is 16.7 Å². The maximum Gasteiger partial charge on any atom is 0.253 e. The summed E-state index contributed by atoms with van der Waals surface area (Å²) in [5, 5.41) is 0.